The lowest BCUT2D eigenvalue weighted by molar-refractivity contribution is -0.157. The molecule has 0 radical (unpaired) electrons. The highest BCUT2D eigenvalue weighted by Gasteiger charge is 2.18. The van der Waals surface area contributed by atoms with Crippen molar-refractivity contribution < 1.29 is 14.3 Å². The average Bonchev–Trinajstić information content (AvgIpc) is 2.66. The van der Waals surface area contributed by atoms with E-state index in [1.807, 2.05) is 75.4 Å². The minimum absolute atomic E-state index is 0.123. The third-order valence-corrected chi connectivity index (χ3v) is 3.95. The van der Waals surface area contributed by atoms with Crippen LogP contribution in [0.25, 0.3) is 22.3 Å². The zero-order valence-electron chi connectivity index (χ0n) is 15.9. The number of rotatable bonds is 5. The van der Waals surface area contributed by atoms with Gasteiger partial charge in [-0.1, -0.05) is 72.8 Å². The van der Waals surface area contributed by atoms with Gasteiger partial charge in [0.2, 0.25) is 0 Å². The van der Waals surface area contributed by atoms with Crippen LogP contribution in [0.15, 0.2) is 78.9 Å². The van der Waals surface area contributed by atoms with Gasteiger partial charge in [-0.05, 0) is 43.5 Å². The third-order valence-electron chi connectivity index (χ3n) is 3.95. The lowest BCUT2D eigenvalue weighted by atomic mass is 9.94. The summed E-state index contributed by atoms with van der Waals surface area (Å²) in [5.41, 5.74) is 3.73. The molecule has 27 heavy (non-hydrogen) atoms. The fourth-order valence-electron chi connectivity index (χ4n) is 2.91. The van der Waals surface area contributed by atoms with Gasteiger partial charge < -0.3 is 9.47 Å². The zero-order chi connectivity index (χ0) is 19.3. The Morgan fingerprint density at radius 3 is 1.96 bits per heavy atom. The molecule has 3 aromatic rings. The highest BCUT2D eigenvalue weighted by Crippen LogP contribution is 2.37. The molecule has 0 aliphatic carbocycles. The standard InChI is InChI=1S/C24H24O3/c1-24(2,3)27-23(25)17-26-22-16-10-9-15-21(22)20-14-8-7-13-19(20)18-11-5-4-6-12-18/h4-16H,17H2,1-3H3. The molecule has 0 fully saturated rings. The smallest absolute Gasteiger partial charge is 0.344 e. The molecule has 3 nitrogen and oxygen atoms in total. The predicted molar refractivity (Wildman–Crippen MR) is 109 cm³/mol. The molecule has 0 aromatic heterocycles. The van der Waals surface area contributed by atoms with Crippen LogP contribution in [0.3, 0.4) is 0 Å². The highest BCUT2D eigenvalue weighted by atomic mass is 16.6. The average molecular weight is 360 g/mol. The van der Waals surface area contributed by atoms with E-state index in [0.717, 1.165) is 22.3 Å². The molecule has 0 saturated heterocycles. The van der Waals surface area contributed by atoms with E-state index in [1.54, 1.807) is 0 Å². The number of para-hydroxylation sites is 1. The van der Waals surface area contributed by atoms with E-state index in [9.17, 15) is 4.79 Å². The lowest BCUT2D eigenvalue weighted by Crippen LogP contribution is -2.27. The van der Waals surface area contributed by atoms with Gasteiger partial charge >= 0.3 is 5.97 Å². The summed E-state index contributed by atoms with van der Waals surface area (Å²) in [5, 5.41) is 0. The van der Waals surface area contributed by atoms with Gasteiger partial charge in [-0.3, -0.25) is 0 Å². The maximum atomic E-state index is 12.0. The largest absolute Gasteiger partial charge is 0.481 e. The van der Waals surface area contributed by atoms with E-state index >= 15 is 0 Å². The monoisotopic (exact) mass is 360 g/mol. The van der Waals surface area contributed by atoms with Crippen LogP contribution in [0, 0.1) is 0 Å². The van der Waals surface area contributed by atoms with Crippen molar-refractivity contribution in [3.8, 4) is 28.0 Å². The number of esters is 1. The molecule has 138 valence electrons. The normalized spacial score (nSPS) is 11.1. The zero-order valence-corrected chi connectivity index (χ0v) is 15.9. The number of carbonyl (C=O) groups excluding carboxylic acids is 1. The van der Waals surface area contributed by atoms with E-state index < -0.39 is 5.60 Å². The first-order valence-electron chi connectivity index (χ1n) is 9.02. The summed E-state index contributed by atoms with van der Waals surface area (Å²) < 4.78 is 11.1. The van der Waals surface area contributed by atoms with Gasteiger partial charge in [-0.15, -0.1) is 0 Å². The van der Waals surface area contributed by atoms with Crippen molar-refractivity contribution in [1.82, 2.24) is 0 Å². The van der Waals surface area contributed by atoms with Gasteiger partial charge in [0.1, 0.15) is 11.4 Å². The number of carbonyl (C=O) groups is 1. The first-order chi connectivity index (χ1) is 12.9. The summed E-state index contributed by atoms with van der Waals surface area (Å²) in [5.74, 6) is 0.278. The number of benzene rings is 3. The Morgan fingerprint density at radius 1 is 0.741 bits per heavy atom. The van der Waals surface area contributed by atoms with E-state index in [4.69, 9.17) is 9.47 Å². The molecule has 0 spiro atoms. The second kappa shape index (κ2) is 8.09. The van der Waals surface area contributed by atoms with Gasteiger partial charge in [-0.25, -0.2) is 4.79 Å². The van der Waals surface area contributed by atoms with Crippen LogP contribution in [0.4, 0.5) is 0 Å². The van der Waals surface area contributed by atoms with Crippen molar-refractivity contribution in [3.63, 3.8) is 0 Å². The number of ether oxygens (including phenoxy) is 2. The van der Waals surface area contributed by atoms with Crippen molar-refractivity contribution in [3.05, 3.63) is 78.9 Å². The van der Waals surface area contributed by atoms with Crippen LogP contribution < -0.4 is 4.74 Å². The minimum atomic E-state index is -0.528. The second-order valence-corrected chi connectivity index (χ2v) is 7.28. The molecule has 0 aliphatic heterocycles. The van der Waals surface area contributed by atoms with Gasteiger partial charge in [-0.2, -0.15) is 0 Å². The molecule has 3 rings (SSSR count). The van der Waals surface area contributed by atoms with Crippen LogP contribution in [0.1, 0.15) is 20.8 Å². The Balaban J connectivity index is 1.90. The van der Waals surface area contributed by atoms with E-state index in [1.165, 1.54) is 0 Å². The van der Waals surface area contributed by atoms with Crippen molar-refractivity contribution in [1.29, 1.82) is 0 Å². The molecule has 0 saturated carbocycles. The molecule has 0 bridgehead atoms. The summed E-state index contributed by atoms with van der Waals surface area (Å²) in [6.07, 6.45) is 0. The Hall–Kier alpha value is -3.07. The summed E-state index contributed by atoms with van der Waals surface area (Å²) in [6.45, 7) is 5.40. The number of hydrogen-bond acceptors (Lipinski definition) is 3. The van der Waals surface area contributed by atoms with Crippen LogP contribution in [0.2, 0.25) is 0 Å². The predicted octanol–water partition coefficient (Wildman–Crippen LogP) is 5.74. The first-order valence-corrected chi connectivity index (χ1v) is 9.02. The lowest BCUT2D eigenvalue weighted by Gasteiger charge is -2.20. The molecule has 0 amide bonds. The first kappa shape index (κ1) is 18.7. The maximum Gasteiger partial charge on any atom is 0.344 e. The van der Waals surface area contributed by atoms with E-state index in [-0.39, 0.29) is 12.6 Å². The molecule has 0 heterocycles. The fourth-order valence-corrected chi connectivity index (χ4v) is 2.91. The van der Waals surface area contributed by atoms with Crippen LogP contribution in [-0.4, -0.2) is 18.2 Å². The van der Waals surface area contributed by atoms with Crippen molar-refractivity contribution >= 4 is 5.97 Å². The summed E-state index contributed by atoms with van der Waals surface area (Å²) in [4.78, 5) is 12.0. The molecule has 3 heteroatoms. The molecule has 0 atom stereocenters. The molecular weight excluding hydrogens is 336 g/mol. The SMILES string of the molecule is CC(C)(C)OC(=O)COc1ccccc1-c1ccccc1-c1ccccc1. The Labute approximate surface area is 160 Å². The minimum Gasteiger partial charge on any atom is -0.481 e. The van der Waals surface area contributed by atoms with Gasteiger partial charge in [0.25, 0.3) is 0 Å². The molecule has 3 aromatic carbocycles. The van der Waals surface area contributed by atoms with Crippen LogP contribution in [-0.2, 0) is 9.53 Å². The Bertz CT molecular complexity index is 908. The molecular formula is C24H24O3. The van der Waals surface area contributed by atoms with Crippen LogP contribution >= 0.6 is 0 Å². The fraction of sp³-hybridized carbons (Fsp3) is 0.208. The Morgan fingerprint density at radius 2 is 1.30 bits per heavy atom. The summed E-state index contributed by atoms with van der Waals surface area (Å²) >= 11 is 0. The maximum absolute atomic E-state index is 12.0. The molecule has 0 aliphatic rings. The second-order valence-electron chi connectivity index (χ2n) is 7.28. The quantitative estimate of drug-likeness (QED) is 0.544. The van der Waals surface area contributed by atoms with Crippen LogP contribution in [0.5, 0.6) is 5.75 Å². The van der Waals surface area contributed by atoms with Crippen molar-refractivity contribution in [2.45, 2.75) is 26.4 Å². The van der Waals surface area contributed by atoms with Gasteiger partial charge in [0, 0.05) is 5.56 Å². The molecule has 0 N–H and O–H groups in total. The third kappa shape index (κ3) is 4.98. The molecule has 0 unspecified atom stereocenters. The van der Waals surface area contributed by atoms with Gasteiger partial charge in [0.15, 0.2) is 6.61 Å². The number of hydrogen-bond donors (Lipinski definition) is 0. The summed E-state index contributed by atoms with van der Waals surface area (Å²) in [6, 6.07) is 26.2. The highest BCUT2D eigenvalue weighted by molar-refractivity contribution is 5.86. The van der Waals surface area contributed by atoms with Crippen molar-refractivity contribution in [2.24, 2.45) is 0 Å². The Kier molecular flexibility index (Phi) is 5.60. The van der Waals surface area contributed by atoms with E-state index in [0.29, 0.717) is 5.75 Å². The van der Waals surface area contributed by atoms with Gasteiger partial charge in [0.05, 0.1) is 0 Å². The summed E-state index contributed by atoms with van der Waals surface area (Å²) in [7, 11) is 0. The topological polar surface area (TPSA) is 35.5 Å². The van der Waals surface area contributed by atoms with E-state index in [2.05, 4.69) is 24.3 Å². The van der Waals surface area contributed by atoms with Crippen molar-refractivity contribution in [2.75, 3.05) is 6.61 Å².